The third-order valence-electron chi connectivity index (χ3n) is 4.78. The van der Waals surface area contributed by atoms with Crippen molar-refractivity contribution >= 4 is 39.9 Å². The third kappa shape index (κ3) is 5.36. The fourth-order valence-corrected chi connectivity index (χ4v) is 3.13. The lowest BCUT2D eigenvalue weighted by atomic mass is 10.1. The number of pyridine rings is 1. The molecule has 10 heteroatoms. The van der Waals surface area contributed by atoms with Gasteiger partial charge in [-0.05, 0) is 48.5 Å². The Morgan fingerprint density at radius 1 is 1.12 bits per heavy atom. The van der Waals surface area contributed by atoms with Gasteiger partial charge in [0, 0.05) is 40.5 Å². The molecule has 0 saturated carbocycles. The Bertz CT molecular complexity index is 1210. The summed E-state index contributed by atoms with van der Waals surface area (Å²) in [6.07, 6.45) is -2.12. The second-order valence-corrected chi connectivity index (χ2v) is 7.06. The van der Waals surface area contributed by atoms with Gasteiger partial charge < -0.3 is 31.1 Å². The molecule has 166 valence electrons. The number of amides is 2. The van der Waals surface area contributed by atoms with Crippen molar-refractivity contribution in [1.29, 1.82) is 5.41 Å². The lowest BCUT2D eigenvalue weighted by molar-refractivity contribution is -0.129. The Morgan fingerprint density at radius 2 is 1.84 bits per heavy atom. The first kappa shape index (κ1) is 22.7. The molecule has 1 aromatic heterocycles. The van der Waals surface area contributed by atoms with Crippen LogP contribution < -0.4 is 21.5 Å². The average molecular weight is 437 g/mol. The molecule has 10 nitrogen and oxygen atoms in total. The number of fused-ring (bicyclic) bond motifs is 1. The van der Waals surface area contributed by atoms with Crippen LogP contribution in [0.15, 0.2) is 59.4 Å². The van der Waals surface area contributed by atoms with Gasteiger partial charge in [0.05, 0.1) is 13.0 Å². The Labute approximate surface area is 182 Å². The number of benzene rings is 2. The minimum atomic E-state index is -1.62. The van der Waals surface area contributed by atoms with Gasteiger partial charge in [-0.25, -0.2) is 0 Å². The van der Waals surface area contributed by atoms with Crippen molar-refractivity contribution in [3.8, 4) is 0 Å². The summed E-state index contributed by atoms with van der Waals surface area (Å²) >= 11 is 0. The van der Waals surface area contributed by atoms with Crippen LogP contribution in [0.2, 0.25) is 0 Å². The first-order chi connectivity index (χ1) is 15.3. The summed E-state index contributed by atoms with van der Waals surface area (Å²) in [7, 11) is 0. The van der Waals surface area contributed by atoms with Crippen LogP contribution >= 0.6 is 0 Å². The molecule has 0 aliphatic rings. The summed E-state index contributed by atoms with van der Waals surface area (Å²) < 4.78 is 0. The summed E-state index contributed by atoms with van der Waals surface area (Å²) in [5.74, 6) is -1.44. The maximum atomic E-state index is 12.8. The zero-order valence-corrected chi connectivity index (χ0v) is 17.0. The number of nitrogens with two attached hydrogens (primary N) is 1. The molecule has 3 aromatic rings. The first-order valence-corrected chi connectivity index (χ1v) is 9.76. The van der Waals surface area contributed by atoms with E-state index in [1.807, 2.05) is 0 Å². The van der Waals surface area contributed by atoms with Crippen molar-refractivity contribution in [2.45, 2.75) is 12.5 Å². The van der Waals surface area contributed by atoms with E-state index >= 15 is 0 Å². The van der Waals surface area contributed by atoms with Crippen LogP contribution in [-0.2, 0) is 9.59 Å². The largest absolute Gasteiger partial charge is 0.395 e. The van der Waals surface area contributed by atoms with Gasteiger partial charge in [0.15, 0.2) is 0 Å². The van der Waals surface area contributed by atoms with Crippen molar-refractivity contribution in [3.63, 3.8) is 0 Å². The van der Waals surface area contributed by atoms with Crippen LogP contribution in [0.3, 0.4) is 0 Å². The van der Waals surface area contributed by atoms with Crippen molar-refractivity contribution in [1.82, 2.24) is 4.98 Å². The Hall–Kier alpha value is -4.02. The minimum Gasteiger partial charge on any atom is -0.395 e. The number of hydrogen-bond donors (Lipinski definition) is 6. The molecule has 0 saturated heterocycles. The predicted molar refractivity (Wildman–Crippen MR) is 121 cm³/mol. The number of aliphatic hydroxyl groups is 2. The van der Waals surface area contributed by atoms with E-state index < -0.39 is 24.3 Å². The van der Waals surface area contributed by atoms with Gasteiger partial charge in [-0.3, -0.25) is 19.8 Å². The zero-order valence-electron chi connectivity index (χ0n) is 17.0. The number of rotatable bonds is 8. The summed E-state index contributed by atoms with van der Waals surface area (Å²) in [4.78, 5) is 40.5. The molecule has 32 heavy (non-hydrogen) atoms. The van der Waals surface area contributed by atoms with E-state index in [2.05, 4.69) is 10.3 Å². The van der Waals surface area contributed by atoms with Gasteiger partial charge in [0.2, 0.25) is 11.5 Å². The SMILES string of the molecule is N=C(N)c1ccc(NC(=O)[C@H](O)CC(=O)N(CCO)c2ccc3[nH]c(=O)ccc3c2)cc1. The van der Waals surface area contributed by atoms with E-state index in [-0.39, 0.29) is 24.5 Å². The number of hydrogen-bond acceptors (Lipinski definition) is 6. The molecule has 0 unspecified atom stereocenters. The molecule has 0 aliphatic carbocycles. The average Bonchev–Trinajstić information content (AvgIpc) is 2.77. The molecular formula is C22H23N5O5. The molecule has 0 fully saturated rings. The number of aromatic amines is 1. The van der Waals surface area contributed by atoms with Crippen LogP contribution in [-0.4, -0.2) is 52.1 Å². The summed E-state index contributed by atoms with van der Waals surface area (Å²) in [6, 6.07) is 14.0. The fraction of sp³-hybridized carbons (Fsp3) is 0.182. The van der Waals surface area contributed by atoms with Gasteiger partial charge in [-0.2, -0.15) is 0 Å². The summed E-state index contributed by atoms with van der Waals surface area (Å²) in [6.45, 7) is -0.352. The number of aliphatic hydroxyl groups excluding tert-OH is 2. The quantitative estimate of drug-likeness (QED) is 0.221. The summed E-state index contributed by atoms with van der Waals surface area (Å²) in [5.41, 5.74) is 7.04. The van der Waals surface area contributed by atoms with Gasteiger partial charge >= 0.3 is 0 Å². The second-order valence-electron chi connectivity index (χ2n) is 7.06. The van der Waals surface area contributed by atoms with Crippen LogP contribution in [0.1, 0.15) is 12.0 Å². The highest BCUT2D eigenvalue weighted by Crippen LogP contribution is 2.21. The van der Waals surface area contributed by atoms with Crippen molar-refractivity contribution in [2.24, 2.45) is 5.73 Å². The number of nitrogens with zero attached hydrogens (tertiary/aromatic N) is 1. The highest BCUT2D eigenvalue weighted by atomic mass is 16.3. The number of H-pyrrole nitrogens is 1. The normalized spacial score (nSPS) is 11.7. The lowest BCUT2D eigenvalue weighted by Gasteiger charge is -2.23. The molecule has 0 radical (unpaired) electrons. The van der Waals surface area contributed by atoms with Crippen LogP contribution in [0, 0.1) is 5.41 Å². The van der Waals surface area contributed by atoms with Gasteiger partial charge in [-0.1, -0.05) is 0 Å². The van der Waals surface area contributed by atoms with E-state index in [1.165, 1.54) is 23.1 Å². The van der Waals surface area contributed by atoms with Gasteiger partial charge in [0.1, 0.15) is 11.9 Å². The molecule has 1 atom stereocenters. The lowest BCUT2D eigenvalue weighted by Crippen LogP contribution is -2.39. The maximum absolute atomic E-state index is 12.8. The number of carbonyl (C=O) groups excluding carboxylic acids is 2. The van der Waals surface area contributed by atoms with Gasteiger partial charge in [-0.15, -0.1) is 0 Å². The van der Waals surface area contributed by atoms with Crippen molar-refractivity contribution in [3.05, 3.63) is 70.5 Å². The number of nitrogen functional groups attached to an aromatic ring is 1. The monoisotopic (exact) mass is 437 g/mol. The molecule has 7 N–H and O–H groups in total. The molecule has 1 heterocycles. The predicted octanol–water partition coefficient (Wildman–Crippen LogP) is 0.527. The highest BCUT2D eigenvalue weighted by molar-refractivity contribution is 6.01. The molecule has 0 bridgehead atoms. The van der Waals surface area contributed by atoms with E-state index in [0.29, 0.717) is 27.8 Å². The van der Waals surface area contributed by atoms with E-state index in [0.717, 1.165) is 0 Å². The number of carbonyl (C=O) groups is 2. The molecule has 3 rings (SSSR count). The Morgan fingerprint density at radius 3 is 2.50 bits per heavy atom. The van der Waals surface area contributed by atoms with Crippen LogP contribution in [0.5, 0.6) is 0 Å². The fourth-order valence-electron chi connectivity index (χ4n) is 3.13. The standard InChI is InChI=1S/C22H23N5O5/c23-21(24)13-1-4-15(5-2-13)25-22(32)18(29)12-20(31)27(9-10-28)16-6-7-17-14(11-16)3-8-19(30)26-17/h1-8,11,18,28-29H,9-10,12H2,(H3,23,24)(H,25,32)(H,26,30)/t18-/m1/s1. The van der Waals surface area contributed by atoms with E-state index in [1.54, 1.807) is 36.4 Å². The Balaban J connectivity index is 1.70. The van der Waals surface area contributed by atoms with Crippen LogP contribution in [0.25, 0.3) is 10.9 Å². The van der Waals surface area contributed by atoms with E-state index in [9.17, 15) is 24.6 Å². The highest BCUT2D eigenvalue weighted by Gasteiger charge is 2.24. The molecule has 2 amide bonds. The smallest absolute Gasteiger partial charge is 0.253 e. The molecular weight excluding hydrogens is 414 g/mol. The zero-order chi connectivity index (χ0) is 23.3. The van der Waals surface area contributed by atoms with Gasteiger partial charge in [0.25, 0.3) is 5.91 Å². The second kappa shape index (κ2) is 9.86. The minimum absolute atomic E-state index is 0.0332. The van der Waals surface area contributed by atoms with Crippen LogP contribution in [0.4, 0.5) is 11.4 Å². The molecule has 0 aliphatic heterocycles. The molecule has 2 aromatic carbocycles. The summed E-state index contributed by atoms with van der Waals surface area (Å²) in [5, 5.41) is 30.2. The third-order valence-corrected chi connectivity index (χ3v) is 4.78. The maximum Gasteiger partial charge on any atom is 0.253 e. The Kier molecular flexibility index (Phi) is 6.98. The number of anilines is 2. The number of aromatic nitrogens is 1. The number of nitrogens with one attached hydrogen (secondary N) is 3. The van der Waals surface area contributed by atoms with Crippen molar-refractivity contribution in [2.75, 3.05) is 23.4 Å². The van der Waals surface area contributed by atoms with Crippen molar-refractivity contribution < 1.29 is 19.8 Å². The molecule has 0 spiro atoms. The number of amidine groups is 1. The van der Waals surface area contributed by atoms with E-state index in [4.69, 9.17) is 11.1 Å². The first-order valence-electron chi connectivity index (χ1n) is 9.76. The topological polar surface area (TPSA) is 173 Å².